The van der Waals surface area contributed by atoms with Gasteiger partial charge in [-0.3, -0.25) is 9.59 Å². The number of carboxylic acids is 1. The van der Waals surface area contributed by atoms with Crippen LogP contribution >= 0.6 is 23.2 Å². The quantitative estimate of drug-likeness (QED) is 0.486. The fraction of sp³-hybridized carbons (Fsp3) is 0.500. The van der Waals surface area contributed by atoms with Crippen molar-refractivity contribution in [1.29, 1.82) is 0 Å². The smallest absolute Gasteiger partial charge is 0.351 e. The van der Waals surface area contributed by atoms with Crippen molar-refractivity contribution in [2.45, 2.75) is 5.60 Å². The van der Waals surface area contributed by atoms with Crippen LogP contribution in [0.1, 0.15) is 0 Å². The second-order valence-corrected chi connectivity index (χ2v) is 2.66. The van der Waals surface area contributed by atoms with Gasteiger partial charge in [0.2, 0.25) is 0 Å². The highest BCUT2D eigenvalue weighted by Crippen LogP contribution is 2.11. The van der Waals surface area contributed by atoms with Gasteiger partial charge in [-0.1, -0.05) is 0 Å². The number of halogens is 2. The van der Waals surface area contributed by atoms with Crippen LogP contribution in [0.25, 0.3) is 0 Å². The average Bonchev–Trinajstić information content (AvgIpc) is 2.13. The maximum Gasteiger partial charge on any atom is 0.351 e. The highest BCUT2D eigenvalue weighted by Gasteiger charge is 2.49. The van der Waals surface area contributed by atoms with E-state index in [0.29, 0.717) is 0 Å². The molecule has 0 aromatic rings. The Morgan fingerprint density at radius 3 is 1.54 bits per heavy atom. The summed E-state index contributed by atoms with van der Waals surface area (Å²) >= 11 is 10.0. The fourth-order valence-corrected chi connectivity index (χ4v) is 0.974. The second kappa shape index (κ2) is 4.55. The van der Waals surface area contributed by atoms with Crippen LogP contribution in [-0.4, -0.2) is 45.1 Å². The second-order valence-electron chi connectivity index (χ2n) is 2.13. The third-order valence-electron chi connectivity index (χ3n) is 1.36. The molecular weight excluding hydrogens is 223 g/mol. The van der Waals surface area contributed by atoms with Gasteiger partial charge >= 0.3 is 5.97 Å². The van der Waals surface area contributed by atoms with Gasteiger partial charge in [0.1, 0.15) is 0 Å². The maximum atomic E-state index is 10.8. The summed E-state index contributed by atoms with van der Waals surface area (Å²) in [7, 11) is 0. The van der Waals surface area contributed by atoms with E-state index >= 15 is 0 Å². The van der Waals surface area contributed by atoms with Crippen LogP contribution in [0.15, 0.2) is 0 Å². The lowest BCUT2D eigenvalue weighted by molar-refractivity contribution is -0.168. The minimum absolute atomic E-state index is 0.772. The maximum absolute atomic E-state index is 10.8. The summed E-state index contributed by atoms with van der Waals surface area (Å²) < 4.78 is 0. The number of aliphatic carboxylic acids is 1. The molecule has 0 rings (SSSR count). The number of hydrogen-bond acceptors (Lipinski definition) is 4. The molecule has 0 spiro atoms. The largest absolute Gasteiger partial charge is 0.478 e. The van der Waals surface area contributed by atoms with Crippen molar-refractivity contribution >= 4 is 40.7 Å². The molecule has 0 fully saturated rings. The first kappa shape index (κ1) is 12.3. The van der Waals surface area contributed by atoms with Gasteiger partial charge < -0.3 is 10.2 Å². The minimum Gasteiger partial charge on any atom is -0.478 e. The molecule has 0 saturated heterocycles. The highest BCUT2D eigenvalue weighted by atomic mass is 35.5. The normalized spacial score (nSPS) is 11.0. The van der Waals surface area contributed by atoms with Crippen molar-refractivity contribution in [2.75, 3.05) is 11.8 Å². The molecule has 0 saturated carbocycles. The average molecular weight is 229 g/mol. The lowest BCUT2D eigenvalue weighted by Crippen LogP contribution is -2.54. The summed E-state index contributed by atoms with van der Waals surface area (Å²) in [5.74, 6) is -6.11. The van der Waals surface area contributed by atoms with Gasteiger partial charge in [0.15, 0.2) is 11.6 Å². The molecule has 0 aliphatic carbocycles. The molecule has 2 N–H and O–H groups in total. The molecular formula is C6H6Cl2O5. The number of ketones is 2. The van der Waals surface area contributed by atoms with E-state index in [-0.39, 0.29) is 0 Å². The molecule has 0 aromatic heterocycles. The number of Topliss-reactive ketones (excluding diaryl/α,β-unsaturated/α-hetero) is 2. The lowest BCUT2D eigenvalue weighted by Gasteiger charge is -2.17. The zero-order valence-corrected chi connectivity index (χ0v) is 7.80. The highest BCUT2D eigenvalue weighted by molar-refractivity contribution is 6.41. The van der Waals surface area contributed by atoms with Gasteiger partial charge in [-0.2, -0.15) is 0 Å². The predicted molar refractivity (Wildman–Crippen MR) is 44.0 cm³/mol. The molecule has 0 aliphatic heterocycles. The van der Waals surface area contributed by atoms with E-state index in [4.69, 9.17) is 33.4 Å². The predicted octanol–water partition coefficient (Wildman–Crippen LogP) is -0.582. The Labute approximate surface area is 83.2 Å². The molecule has 0 amide bonds. The van der Waals surface area contributed by atoms with E-state index in [1.807, 2.05) is 0 Å². The van der Waals surface area contributed by atoms with Gasteiger partial charge in [-0.05, 0) is 0 Å². The molecule has 0 unspecified atom stereocenters. The van der Waals surface area contributed by atoms with Crippen molar-refractivity contribution in [3.63, 3.8) is 0 Å². The number of rotatable bonds is 5. The zero-order valence-electron chi connectivity index (χ0n) is 6.29. The SMILES string of the molecule is O=C(O)C(O)(C(=O)CCl)C(=O)CCl. The molecule has 7 heteroatoms. The topological polar surface area (TPSA) is 91.7 Å². The first-order valence-electron chi connectivity index (χ1n) is 3.05. The molecule has 0 radical (unpaired) electrons. The van der Waals surface area contributed by atoms with Crippen molar-refractivity contribution in [1.82, 2.24) is 0 Å². The standard InChI is InChI=1S/C6H6Cl2O5/c7-1-3(9)6(13,5(11)12)4(10)2-8/h13H,1-2H2,(H,11,12). The zero-order chi connectivity index (χ0) is 10.6. The van der Waals surface area contributed by atoms with Crippen molar-refractivity contribution < 1.29 is 24.6 Å². The molecule has 0 aromatic carbocycles. The van der Waals surface area contributed by atoms with Crippen LogP contribution in [-0.2, 0) is 14.4 Å². The molecule has 0 bridgehead atoms. The summed E-state index contributed by atoms with van der Waals surface area (Å²) in [6, 6.07) is 0. The van der Waals surface area contributed by atoms with Gasteiger partial charge in [0.05, 0.1) is 11.8 Å². The third kappa shape index (κ3) is 2.18. The Balaban J connectivity index is 5.06. The number of carbonyl (C=O) groups is 3. The minimum atomic E-state index is -3.11. The van der Waals surface area contributed by atoms with Gasteiger partial charge in [-0.25, -0.2) is 4.79 Å². The van der Waals surface area contributed by atoms with Gasteiger partial charge in [0, 0.05) is 0 Å². The van der Waals surface area contributed by atoms with Crippen molar-refractivity contribution in [3.8, 4) is 0 Å². The Morgan fingerprint density at radius 2 is 1.38 bits per heavy atom. The van der Waals surface area contributed by atoms with Crippen LogP contribution < -0.4 is 0 Å². The van der Waals surface area contributed by atoms with E-state index in [2.05, 4.69) is 0 Å². The number of hydrogen-bond donors (Lipinski definition) is 2. The molecule has 0 atom stereocenters. The number of alkyl halides is 2. The van der Waals surface area contributed by atoms with Gasteiger partial charge in [-0.15, -0.1) is 23.2 Å². The Kier molecular flexibility index (Phi) is 4.32. The molecule has 0 heterocycles. The monoisotopic (exact) mass is 228 g/mol. The molecule has 0 aliphatic rings. The van der Waals surface area contributed by atoms with E-state index in [1.54, 1.807) is 0 Å². The third-order valence-corrected chi connectivity index (χ3v) is 1.84. The summed E-state index contributed by atoms with van der Waals surface area (Å²) in [6.07, 6.45) is 0. The molecule has 13 heavy (non-hydrogen) atoms. The van der Waals surface area contributed by atoms with Crippen LogP contribution in [0, 0.1) is 0 Å². The lowest BCUT2D eigenvalue weighted by atomic mass is 9.95. The van der Waals surface area contributed by atoms with Crippen molar-refractivity contribution in [2.24, 2.45) is 0 Å². The van der Waals surface area contributed by atoms with Crippen LogP contribution in [0.2, 0.25) is 0 Å². The van der Waals surface area contributed by atoms with E-state index in [1.165, 1.54) is 0 Å². The number of carboxylic acid groups (broad SMARTS) is 1. The van der Waals surface area contributed by atoms with E-state index < -0.39 is 34.9 Å². The Bertz CT molecular complexity index is 233. The summed E-state index contributed by atoms with van der Waals surface area (Å²) in [4.78, 5) is 32.1. The molecule has 74 valence electrons. The van der Waals surface area contributed by atoms with E-state index in [9.17, 15) is 14.4 Å². The first-order valence-corrected chi connectivity index (χ1v) is 4.12. The van der Waals surface area contributed by atoms with Gasteiger partial charge in [0.25, 0.3) is 5.60 Å². The summed E-state index contributed by atoms with van der Waals surface area (Å²) in [5, 5.41) is 17.6. The summed E-state index contributed by atoms with van der Waals surface area (Å²) in [6.45, 7) is 0. The van der Waals surface area contributed by atoms with E-state index in [0.717, 1.165) is 0 Å². The van der Waals surface area contributed by atoms with Crippen LogP contribution in [0.4, 0.5) is 0 Å². The summed E-state index contributed by atoms with van der Waals surface area (Å²) in [5.41, 5.74) is -3.11. The fourth-order valence-electron chi connectivity index (χ4n) is 0.587. The Morgan fingerprint density at radius 1 is 1.08 bits per heavy atom. The Hall–Kier alpha value is -0.650. The number of carbonyl (C=O) groups excluding carboxylic acids is 2. The van der Waals surface area contributed by atoms with Crippen LogP contribution in [0.3, 0.4) is 0 Å². The van der Waals surface area contributed by atoms with Crippen LogP contribution in [0.5, 0.6) is 0 Å². The van der Waals surface area contributed by atoms with Crippen molar-refractivity contribution in [3.05, 3.63) is 0 Å². The molecule has 5 nitrogen and oxygen atoms in total. The first-order chi connectivity index (χ1) is 5.91. The number of aliphatic hydroxyl groups is 1.